The molecule has 0 unspecified atom stereocenters. The molecule has 7 heteroatoms. The van der Waals surface area contributed by atoms with Crippen molar-refractivity contribution in [2.75, 3.05) is 13.1 Å². The van der Waals surface area contributed by atoms with Gasteiger partial charge >= 0.3 is 5.69 Å². The molecule has 2 heterocycles. The normalized spacial score (nSPS) is 18.6. The van der Waals surface area contributed by atoms with E-state index in [9.17, 15) is 14.0 Å². The molecule has 1 saturated heterocycles. The Kier molecular flexibility index (Phi) is 6.65. The molecule has 1 aliphatic carbocycles. The van der Waals surface area contributed by atoms with Crippen LogP contribution in [0.2, 0.25) is 0 Å². The van der Waals surface area contributed by atoms with Crippen LogP contribution in [0.4, 0.5) is 4.39 Å². The molecule has 1 aliphatic heterocycles. The van der Waals surface area contributed by atoms with Crippen LogP contribution < -0.4 is 5.69 Å². The zero-order valence-corrected chi connectivity index (χ0v) is 17.5. The van der Waals surface area contributed by atoms with Gasteiger partial charge in [0.15, 0.2) is 0 Å². The second-order valence-electron chi connectivity index (χ2n) is 8.80. The zero-order chi connectivity index (χ0) is 20.9. The average molecular weight is 415 g/mol. The maximum atomic E-state index is 14.2. The number of para-hydroxylation sites is 1. The van der Waals surface area contributed by atoms with Gasteiger partial charge in [0, 0.05) is 25.9 Å². The third-order valence-corrected chi connectivity index (χ3v) is 6.76. The van der Waals surface area contributed by atoms with Crippen molar-refractivity contribution < 1.29 is 9.18 Å². The number of benzene rings is 1. The Morgan fingerprint density at radius 2 is 1.80 bits per heavy atom. The number of amides is 1. The maximum absolute atomic E-state index is 14.2. The molecule has 4 rings (SSSR count). The van der Waals surface area contributed by atoms with E-state index in [1.54, 1.807) is 18.2 Å². The average Bonchev–Trinajstić information content (AvgIpc) is 3.13. The number of carbonyl (C=O) groups excluding carboxylic acids is 1. The van der Waals surface area contributed by atoms with Gasteiger partial charge in [0.05, 0.1) is 5.69 Å². The molecule has 1 amide bonds. The zero-order valence-electron chi connectivity index (χ0n) is 17.5. The summed E-state index contributed by atoms with van der Waals surface area (Å²) in [5.41, 5.74) is -0.202. The molecule has 0 bridgehead atoms. The summed E-state index contributed by atoms with van der Waals surface area (Å²) in [6, 6.07) is 6.24. The minimum atomic E-state index is -0.444. The number of rotatable bonds is 6. The van der Waals surface area contributed by atoms with E-state index in [1.807, 2.05) is 4.90 Å². The van der Waals surface area contributed by atoms with Crippen LogP contribution in [0.1, 0.15) is 63.6 Å². The Hall–Kier alpha value is -2.44. The molecule has 1 aromatic carbocycles. The number of nitrogens with zero attached hydrogens (tertiary/aromatic N) is 3. The number of likely N-dealkylation sites (tertiary alicyclic amines) is 1. The highest BCUT2D eigenvalue weighted by Crippen LogP contribution is 2.28. The molecule has 30 heavy (non-hydrogen) atoms. The van der Waals surface area contributed by atoms with Gasteiger partial charge < -0.3 is 4.90 Å². The summed E-state index contributed by atoms with van der Waals surface area (Å²) in [4.78, 5) is 26.8. The van der Waals surface area contributed by atoms with E-state index in [0.29, 0.717) is 24.6 Å². The second-order valence-corrected chi connectivity index (χ2v) is 8.80. The first-order valence-electron chi connectivity index (χ1n) is 11.3. The van der Waals surface area contributed by atoms with Gasteiger partial charge in [0.2, 0.25) is 5.91 Å². The predicted octanol–water partition coefficient (Wildman–Crippen LogP) is 3.84. The van der Waals surface area contributed by atoms with Gasteiger partial charge in [-0.1, -0.05) is 44.2 Å². The SMILES string of the molecule is O=C(CCC1CCCCC1)N1CCC(Cc2n[nH]c(=O)n2-c2ccccc2F)CC1. The standard InChI is InChI=1S/C23H31FN4O2/c24-19-8-4-5-9-20(19)28-21(25-26-23(28)30)16-18-12-14-27(15-13-18)22(29)11-10-17-6-2-1-3-7-17/h4-5,8-9,17-18H,1-3,6-7,10-16H2,(H,26,30). The summed E-state index contributed by atoms with van der Waals surface area (Å²) in [7, 11) is 0. The lowest BCUT2D eigenvalue weighted by atomic mass is 9.86. The summed E-state index contributed by atoms with van der Waals surface area (Å²) in [5, 5.41) is 6.59. The van der Waals surface area contributed by atoms with Gasteiger partial charge in [-0.3, -0.25) is 4.79 Å². The van der Waals surface area contributed by atoms with E-state index in [4.69, 9.17) is 0 Å². The molecule has 1 aromatic heterocycles. The number of piperidine rings is 1. The largest absolute Gasteiger partial charge is 0.348 e. The molecule has 0 atom stereocenters. The Bertz CT molecular complexity index is 908. The van der Waals surface area contributed by atoms with Crippen molar-refractivity contribution in [1.29, 1.82) is 0 Å². The van der Waals surface area contributed by atoms with Crippen molar-refractivity contribution in [3.05, 3.63) is 46.4 Å². The number of nitrogens with one attached hydrogen (secondary N) is 1. The first-order valence-corrected chi connectivity index (χ1v) is 11.3. The Morgan fingerprint density at radius 1 is 1.07 bits per heavy atom. The highest BCUT2D eigenvalue weighted by Gasteiger charge is 2.26. The van der Waals surface area contributed by atoms with Crippen LogP contribution in [0.15, 0.2) is 29.1 Å². The Labute approximate surface area is 176 Å². The molecular formula is C23H31FN4O2. The van der Waals surface area contributed by atoms with Crippen LogP contribution in [-0.2, 0) is 11.2 Å². The quantitative estimate of drug-likeness (QED) is 0.781. The van der Waals surface area contributed by atoms with Gasteiger partial charge in [-0.05, 0) is 43.2 Å². The van der Waals surface area contributed by atoms with E-state index < -0.39 is 11.5 Å². The maximum Gasteiger partial charge on any atom is 0.348 e. The highest BCUT2D eigenvalue weighted by atomic mass is 19.1. The smallest absolute Gasteiger partial charge is 0.343 e. The monoisotopic (exact) mass is 414 g/mol. The van der Waals surface area contributed by atoms with Crippen molar-refractivity contribution in [2.45, 2.75) is 64.2 Å². The summed E-state index contributed by atoms with van der Waals surface area (Å²) >= 11 is 0. The molecule has 1 saturated carbocycles. The van der Waals surface area contributed by atoms with Crippen molar-refractivity contribution >= 4 is 5.91 Å². The molecule has 0 radical (unpaired) electrons. The predicted molar refractivity (Wildman–Crippen MR) is 113 cm³/mol. The van der Waals surface area contributed by atoms with Crippen molar-refractivity contribution in [2.24, 2.45) is 11.8 Å². The van der Waals surface area contributed by atoms with Crippen LogP contribution >= 0.6 is 0 Å². The fourth-order valence-corrected chi connectivity index (χ4v) is 4.95. The van der Waals surface area contributed by atoms with Gasteiger partial charge in [0.25, 0.3) is 0 Å². The molecular weight excluding hydrogens is 383 g/mol. The number of hydrogen-bond acceptors (Lipinski definition) is 3. The Morgan fingerprint density at radius 3 is 2.53 bits per heavy atom. The van der Waals surface area contributed by atoms with Crippen LogP contribution in [-0.4, -0.2) is 38.7 Å². The van der Waals surface area contributed by atoms with Crippen LogP contribution in [0, 0.1) is 17.7 Å². The van der Waals surface area contributed by atoms with Gasteiger partial charge in [0.1, 0.15) is 11.6 Å². The fourth-order valence-electron chi connectivity index (χ4n) is 4.95. The third-order valence-electron chi connectivity index (χ3n) is 6.76. The lowest BCUT2D eigenvalue weighted by Gasteiger charge is -2.32. The Balaban J connectivity index is 1.31. The second kappa shape index (κ2) is 9.58. The molecule has 2 aliphatic rings. The summed E-state index contributed by atoms with van der Waals surface area (Å²) in [6.07, 6.45) is 10.6. The minimum absolute atomic E-state index is 0.224. The lowest BCUT2D eigenvalue weighted by molar-refractivity contribution is -0.133. The van der Waals surface area contributed by atoms with Crippen LogP contribution in [0.3, 0.4) is 0 Å². The summed E-state index contributed by atoms with van der Waals surface area (Å²) in [6.45, 7) is 1.50. The highest BCUT2D eigenvalue weighted by molar-refractivity contribution is 5.76. The molecule has 2 fully saturated rings. The molecule has 6 nitrogen and oxygen atoms in total. The van der Waals surface area contributed by atoms with E-state index in [2.05, 4.69) is 10.2 Å². The van der Waals surface area contributed by atoms with E-state index in [1.165, 1.54) is 42.7 Å². The molecule has 162 valence electrons. The molecule has 2 aromatic rings. The van der Waals surface area contributed by atoms with Crippen LogP contribution in [0.5, 0.6) is 0 Å². The number of aromatic amines is 1. The van der Waals surface area contributed by atoms with E-state index in [0.717, 1.165) is 38.3 Å². The number of hydrogen-bond donors (Lipinski definition) is 1. The number of carbonyl (C=O) groups is 1. The third kappa shape index (κ3) is 4.82. The first-order chi connectivity index (χ1) is 14.6. The van der Waals surface area contributed by atoms with E-state index >= 15 is 0 Å². The fraction of sp³-hybridized carbons (Fsp3) is 0.609. The first kappa shape index (κ1) is 20.8. The van der Waals surface area contributed by atoms with Gasteiger partial charge in [-0.2, -0.15) is 5.10 Å². The molecule has 1 N–H and O–H groups in total. The van der Waals surface area contributed by atoms with Crippen LogP contribution in [0.25, 0.3) is 5.69 Å². The summed E-state index contributed by atoms with van der Waals surface area (Å²) < 4.78 is 15.5. The number of aromatic nitrogens is 3. The van der Waals surface area contributed by atoms with Gasteiger partial charge in [-0.15, -0.1) is 0 Å². The van der Waals surface area contributed by atoms with Crippen molar-refractivity contribution in [3.8, 4) is 5.69 Å². The van der Waals surface area contributed by atoms with Crippen molar-refractivity contribution in [3.63, 3.8) is 0 Å². The number of H-pyrrole nitrogens is 1. The minimum Gasteiger partial charge on any atom is -0.343 e. The van der Waals surface area contributed by atoms with Gasteiger partial charge in [-0.25, -0.2) is 18.9 Å². The topological polar surface area (TPSA) is 71.0 Å². The van der Waals surface area contributed by atoms with E-state index in [-0.39, 0.29) is 11.6 Å². The lowest BCUT2D eigenvalue weighted by Crippen LogP contribution is -2.39. The molecule has 0 spiro atoms. The van der Waals surface area contributed by atoms with Crippen molar-refractivity contribution in [1.82, 2.24) is 19.7 Å². The number of halogens is 1. The summed E-state index contributed by atoms with van der Waals surface area (Å²) in [5.74, 6) is 1.44.